The lowest BCUT2D eigenvalue weighted by molar-refractivity contribution is 0.194. The molecular weight excluding hydrogens is 409 g/mol. The normalized spacial score (nSPS) is 21.2. The third-order valence-electron chi connectivity index (χ3n) is 6.40. The second kappa shape index (κ2) is 8.73. The van der Waals surface area contributed by atoms with Crippen molar-refractivity contribution < 1.29 is 9.50 Å². The van der Waals surface area contributed by atoms with Crippen LogP contribution < -0.4 is 20.4 Å². The highest BCUT2D eigenvalue weighted by atomic mass is 19.1. The van der Waals surface area contributed by atoms with E-state index >= 15 is 0 Å². The summed E-state index contributed by atoms with van der Waals surface area (Å²) in [5.74, 6) is 0.625. The van der Waals surface area contributed by atoms with Crippen molar-refractivity contribution in [2.24, 2.45) is 0 Å². The molecule has 3 aliphatic rings. The minimum absolute atomic E-state index is 0.124. The highest BCUT2D eigenvalue weighted by Crippen LogP contribution is 2.37. The predicted molar refractivity (Wildman–Crippen MR) is 121 cm³/mol. The summed E-state index contributed by atoms with van der Waals surface area (Å²) < 4.78 is 14.8. The maximum Gasteiger partial charge on any atom is 0.229 e. The van der Waals surface area contributed by atoms with Gasteiger partial charge in [0.15, 0.2) is 6.23 Å². The number of aromatic nitrogens is 2. The quantitative estimate of drug-likeness (QED) is 0.674. The fourth-order valence-corrected chi connectivity index (χ4v) is 4.78. The fourth-order valence-electron chi connectivity index (χ4n) is 4.78. The van der Waals surface area contributed by atoms with E-state index in [2.05, 4.69) is 26.7 Å². The summed E-state index contributed by atoms with van der Waals surface area (Å²) in [4.78, 5) is 12.9. The Morgan fingerprint density at radius 2 is 2.00 bits per heavy atom. The number of piperazine rings is 1. The van der Waals surface area contributed by atoms with Crippen molar-refractivity contribution in [1.29, 1.82) is 5.26 Å². The summed E-state index contributed by atoms with van der Waals surface area (Å²) >= 11 is 0. The molecule has 3 N–H and O–H groups in total. The van der Waals surface area contributed by atoms with Crippen molar-refractivity contribution in [2.45, 2.75) is 38.0 Å². The third kappa shape index (κ3) is 3.87. The smallest absolute Gasteiger partial charge is 0.229 e. The SMILES string of the molecule is N#CC1=Cc2cnc(Nc3ccc(N4CCNCC4)c(F)c3)nc2N(C2CCCC2)C1O. The van der Waals surface area contributed by atoms with Gasteiger partial charge in [0.25, 0.3) is 0 Å². The van der Waals surface area contributed by atoms with Gasteiger partial charge in [-0.1, -0.05) is 12.8 Å². The lowest BCUT2D eigenvalue weighted by Crippen LogP contribution is -2.45. The average Bonchev–Trinajstić information content (AvgIpc) is 3.34. The third-order valence-corrected chi connectivity index (χ3v) is 6.40. The van der Waals surface area contributed by atoms with Crippen LogP contribution in [0.3, 0.4) is 0 Å². The van der Waals surface area contributed by atoms with Crippen LogP contribution in [0.1, 0.15) is 31.2 Å². The molecule has 1 saturated heterocycles. The largest absolute Gasteiger partial charge is 0.369 e. The molecule has 1 aromatic carbocycles. The van der Waals surface area contributed by atoms with E-state index in [9.17, 15) is 14.8 Å². The molecule has 166 valence electrons. The van der Waals surface area contributed by atoms with Crippen LogP contribution >= 0.6 is 0 Å². The van der Waals surface area contributed by atoms with Gasteiger partial charge in [0.05, 0.1) is 17.3 Å². The van der Waals surface area contributed by atoms with Gasteiger partial charge in [-0.05, 0) is 37.1 Å². The Bertz CT molecular complexity index is 1070. The molecule has 1 saturated carbocycles. The molecule has 1 aliphatic carbocycles. The molecule has 0 bridgehead atoms. The second-order valence-electron chi connectivity index (χ2n) is 8.43. The first-order valence-corrected chi connectivity index (χ1v) is 11.1. The number of anilines is 4. The number of rotatable bonds is 4. The van der Waals surface area contributed by atoms with Gasteiger partial charge in [0.2, 0.25) is 5.95 Å². The summed E-state index contributed by atoms with van der Waals surface area (Å²) in [5, 5.41) is 26.6. The lowest BCUT2D eigenvalue weighted by atomic mass is 10.0. The topological polar surface area (TPSA) is 100 Å². The number of hydrogen-bond donors (Lipinski definition) is 3. The van der Waals surface area contributed by atoms with Crippen LogP contribution in [0.2, 0.25) is 0 Å². The van der Waals surface area contributed by atoms with E-state index in [0.29, 0.717) is 34.3 Å². The Morgan fingerprint density at radius 3 is 2.72 bits per heavy atom. The fraction of sp³-hybridized carbons (Fsp3) is 0.435. The molecule has 1 unspecified atom stereocenters. The van der Waals surface area contributed by atoms with Gasteiger partial charge >= 0.3 is 0 Å². The van der Waals surface area contributed by atoms with Crippen molar-refractivity contribution in [2.75, 3.05) is 41.3 Å². The zero-order valence-corrected chi connectivity index (χ0v) is 17.8. The molecule has 0 spiro atoms. The Hall–Kier alpha value is -3.22. The number of aliphatic hydroxyl groups is 1. The van der Waals surface area contributed by atoms with Crippen LogP contribution in [-0.2, 0) is 0 Å². The van der Waals surface area contributed by atoms with Gasteiger partial charge < -0.3 is 25.5 Å². The molecule has 2 fully saturated rings. The lowest BCUT2D eigenvalue weighted by Gasteiger charge is -2.37. The van der Waals surface area contributed by atoms with Crippen molar-refractivity contribution >= 4 is 29.2 Å². The van der Waals surface area contributed by atoms with E-state index in [-0.39, 0.29) is 11.9 Å². The zero-order valence-electron chi connectivity index (χ0n) is 17.8. The monoisotopic (exact) mass is 435 g/mol. The van der Waals surface area contributed by atoms with E-state index in [0.717, 1.165) is 51.9 Å². The summed E-state index contributed by atoms with van der Waals surface area (Å²) in [5.41, 5.74) is 2.13. The molecule has 2 aliphatic heterocycles. The Kier molecular flexibility index (Phi) is 5.64. The molecule has 32 heavy (non-hydrogen) atoms. The molecule has 1 aromatic heterocycles. The molecule has 3 heterocycles. The van der Waals surface area contributed by atoms with Gasteiger partial charge in [0.1, 0.15) is 11.6 Å². The number of aliphatic hydroxyl groups excluding tert-OH is 1. The minimum Gasteiger partial charge on any atom is -0.369 e. The molecular formula is C23H26FN7O. The minimum atomic E-state index is -1.02. The van der Waals surface area contributed by atoms with Crippen LogP contribution in [0.4, 0.5) is 27.5 Å². The van der Waals surface area contributed by atoms with Crippen LogP contribution in [0.15, 0.2) is 30.0 Å². The number of benzene rings is 1. The van der Waals surface area contributed by atoms with E-state index in [1.807, 2.05) is 15.9 Å². The molecule has 2 aromatic rings. The first kappa shape index (κ1) is 20.7. The Balaban J connectivity index is 1.42. The van der Waals surface area contributed by atoms with E-state index < -0.39 is 6.23 Å². The van der Waals surface area contributed by atoms with Crippen molar-refractivity contribution in [3.8, 4) is 6.07 Å². The van der Waals surface area contributed by atoms with Crippen LogP contribution in [0.5, 0.6) is 0 Å². The maximum atomic E-state index is 14.8. The van der Waals surface area contributed by atoms with E-state index in [4.69, 9.17) is 0 Å². The summed E-state index contributed by atoms with van der Waals surface area (Å²) in [7, 11) is 0. The molecule has 0 radical (unpaired) electrons. The van der Waals surface area contributed by atoms with Gasteiger partial charge in [-0.15, -0.1) is 0 Å². The van der Waals surface area contributed by atoms with Crippen LogP contribution in [0, 0.1) is 17.1 Å². The highest BCUT2D eigenvalue weighted by molar-refractivity contribution is 5.75. The second-order valence-corrected chi connectivity index (χ2v) is 8.43. The number of halogens is 1. The summed E-state index contributed by atoms with van der Waals surface area (Å²) in [6, 6.07) is 7.27. The van der Waals surface area contributed by atoms with Crippen molar-refractivity contribution in [1.82, 2.24) is 15.3 Å². The van der Waals surface area contributed by atoms with Gasteiger partial charge in [-0.3, -0.25) is 0 Å². The van der Waals surface area contributed by atoms with Gasteiger partial charge in [-0.2, -0.15) is 10.2 Å². The highest BCUT2D eigenvalue weighted by Gasteiger charge is 2.35. The van der Waals surface area contributed by atoms with Crippen molar-refractivity contribution in [3.05, 3.63) is 41.3 Å². The molecule has 0 amide bonds. The summed E-state index contributed by atoms with van der Waals surface area (Å²) in [6.45, 7) is 3.23. The first-order valence-electron chi connectivity index (χ1n) is 11.1. The molecule has 9 heteroatoms. The maximum absolute atomic E-state index is 14.8. The Morgan fingerprint density at radius 1 is 1.22 bits per heavy atom. The number of nitrogens with zero attached hydrogens (tertiary/aromatic N) is 5. The van der Waals surface area contributed by atoms with Gasteiger partial charge in [0, 0.05) is 49.7 Å². The zero-order chi connectivity index (χ0) is 22.1. The Labute approximate surface area is 186 Å². The molecule has 8 nitrogen and oxygen atoms in total. The standard InChI is InChI=1S/C23H26FN7O/c24-19-12-17(5-6-20(19)30-9-7-26-8-10-30)28-23-27-14-16-11-15(13-25)22(32)31(21(16)29-23)18-3-1-2-4-18/h5-6,11-12,14,18,22,26,32H,1-4,7-10H2,(H,27,28,29). The van der Waals surface area contributed by atoms with E-state index in [1.54, 1.807) is 18.3 Å². The number of nitriles is 1. The molecule has 5 rings (SSSR count). The first-order chi connectivity index (χ1) is 15.6. The van der Waals surface area contributed by atoms with Crippen molar-refractivity contribution in [3.63, 3.8) is 0 Å². The number of nitrogens with one attached hydrogen (secondary N) is 2. The average molecular weight is 436 g/mol. The van der Waals surface area contributed by atoms with Gasteiger partial charge in [-0.25, -0.2) is 9.37 Å². The number of hydrogen-bond acceptors (Lipinski definition) is 8. The van der Waals surface area contributed by atoms with Crippen LogP contribution in [0.25, 0.3) is 6.08 Å². The van der Waals surface area contributed by atoms with E-state index in [1.165, 1.54) is 6.07 Å². The summed E-state index contributed by atoms with van der Waals surface area (Å²) in [6.07, 6.45) is 6.32. The predicted octanol–water partition coefficient (Wildman–Crippen LogP) is 2.76. The molecule has 1 atom stereocenters. The number of fused-ring (bicyclic) bond motifs is 1. The van der Waals surface area contributed by atoms with Crippen LogP contribution in [-0.4, -0.2) is 53.5 Å².